The van der Waals surface area contributed by atoms with E-state index in [2.05, 4.69) is 31.3 Å². The molecule has 0 aliphatic rings. The van der Waals surface area contributed by atoms with Gasteiger partial charge >= 0.3 is 0 Å². The summed E-state index contributed by atoms with van der Waals surface area (Å²) in [4.78, 5) is 25.2. The lowest BCUT2D eigenvalue weighted by atomic mass is 10.0. The molecule has 0 saturated heterocycles. The Kier molecular flexibility index (Phi) is 33.1. The van der Waals surface area contributed by atoms with Crippen LogP contribution in [-0.4, -0.2) is 68.5 Å². The smallest absolute Gasteiger partial charge is 0.268 e. The first-order valence-electron chi connectivity index (χ1n) is 20.7. The number of unbranched alkanes of at least 4 members (excludes halogenated alkanes) is 22. The average molecular weight is 729 g/mol. The highest BCUT2D eigenvalue weighted by molar-refractivity contribution is 7.45. The van der Waals surface area contributed by atoms with E-state index in [1.165, 1.54) is 109 Å². The van der Waals surface area contributed by atoms with Gasteiger partial charge < -0.3 is 28.8 Å². The van der Waals surface area contributed by atoms with E-state index in [0.717, 1.165) is 51.4 Å². The molecule has 0 fully saturated rings. The van der Waals surface area contributed by atoms with Gasteiger partial charge in [-0.3, -0.25) is 9.36 Å². The third kappa shape index (κ3) is 35.4. The number of hydrogen-bond donors (Lipinski definition) is 2. The fraction of sp³-hybridized carbons (Fsp3) is 0.878. The molecule has 8 nitrogen and oxygen atoms in total. The number of aliphatic hydroxyl groups excluding tert-OH is 1. The predicted molar refractivity (Wildman–Crippen MR) is 210 cm³/mol. The van der Waals surface area contributed by atoms with E-state index in [4.69, 9.17) is 9.05 Å². The van der Waals surface area contributed by atoms with Gasteiger partial charge in [0.25, 0.3) is 7.82 Å². The normalized spacial score (nSPS) is 14.8. The summed E-state index contributed by atoms with van der Waals surface area (Å²) in [5.41, 5.74) is 0. The van der Waals surface area contributed by atoms with E-state index in [1.807, 2.05) is 27.2 Å². The zero-order valence-electron chi connectivity index (χ0n) is 33.4. The molecule has 0 heterocycles. The molecule has 0 spiro atoms. The monoisotopic (exact) mass is 729 g/mol. The number of phosphoric acid groups is 1. The van der Waals surface area contributed by atoms with Gasteiger partial charge in [-0.15, -0.1) is 0 Å². The van der Waals surface area contributed by atoms with Crippen molar-refractivity contribution in [3.63, 3.8) is 0 Å². The SMILES string of the molecule is CCCCCCCC/C=C\CCCCCCCC(=O)N[C@@H](COP(=O)([O-])OCC[N+](C)(C)C)[C@H](O)/C=C/CCCCCCCCCCCCC. The third-order valence-electron chi connectivity index (χ3n) is 9.16. The molecular formula is C41H81N2O6P. The molecule has 0 aromatic carbocycles. The Morgan fingerprint density at radius 2 is 1.10 bits per heavy atom. The molecule has 296 valence electrons. The van der Waals surface area contributed by atoms with Crippen LogP contribution in [0.15, 0.2) is 24.3 Å². The topological polar surface area (TPSA) is 108 Å². The van der Waals surface area contributed by atoms with Gasteiger partial charge in [0, 0.05) is 6.42 Å². The number of allylic oxidation sites excluding steroid dienone is 3. The number of likely N-dealkylation sites (N-methyl/N-ethyl adjacent to an activating group) is 1. The Balaban J connectivity index is 4.50. The fourth-order valence-electron chi connectivity index (χ4n) is 5.79. The van der Waals surface area contributed by atoms with Crippen LogP contribution in [0.2, 0.25) is 0 Å². The highest BCUT2D eigenvalue weighted by Gasteiger charge is 2.23. The van der Waals surface area contributed by atoms with E-state index in [-0.39, 0.29) is 19.1 Å². The van der Waals surface area contributed by atoms with Crippen LogP contribution < -0.4 is 10.2 Å². The molecule has 0 rings (SSSR count). The van der Waals surface area contributed by atoms with Gasteiger partial charge in [0.05, 0.1) is 39.9 Å². The largest absolute Gasteiger partial charge is 0.756 e. The minimum Gasteiger partial charge on any atom is -0.756 e. The number of hydrogen-bond acceptors (Lipinski definition) is 6. The molecule has 0 saturated carbocycles. The highest BCUT2D eigenvalue weighted by Crippen LogP contribution is 2.38. The van der Waals surface area contributed by atoms with Gasteiger partial charge in [0.1, 0.15) is 13.2 Å². The molecule has 2 N–H and O–H groups in total. The average Bonchev–Trinajstić information content (AvgIpc) is 3.06. The highest BCUT2D eigenvalue weighted by atomic mass is 31.2. The number of quaternary nitrogens is 1. The number of carbonyl (C=O) groups is 1. The van der Waals surface area contributed by atoms with Crippen molar-refractivity contribution in [1.29, 1.82) is 0 Å². The molecular weight excluding hydrogens is 647 g/mol. The summed E-state index contributed by atoms with van der Waals surface area (Å²) in [6.45, 7) is 4.62. The summed E-state index contributed by atoms with van der Waals surface area (Å²) in [7, 11) is 1.25. The zero-order valence-corrected chi connectivity index (χ0v) is 34.2. The van der Waals surface area contributed by atoms with E-state index in [0.29, 0.717) is 17.4 Å². The van der Waals surface area contributed by atoms with Crippen molar-refractivity contribution in [3.05, 3.63) is 24.3 Å². The van der Waals surface area contributed by atoms with Crippen LogP contribution in [0.3, 0.4) is 0 Å². The first-order chi connectivity index (χ1) is 24.0. The first kappa shape index (κ1) is 49.0. The van der Waals surface area contributed by atoms with Gasteiger partial charge in [0.15, 0.2) is 0 Å². The van der Waals surface area contributed by atoms with Crippen molar-refractivity contribution in [3.8, 4) is 0 Å². The molecule has 3 atom stereocenters. The van der Waals surface area contributed by atoms with Crippen molar-refractivity contribution < 1.29 is 32.9 Å². The lowest BCUT2D eigenvalue weighted by Gasteiger charge is -2.29. The summed E-state index contributed by atoms with van der Waals surface area (Å²) in [6, 6.07) is -0.886. The maximum absolute atomic E-state index is 12.8. The number of nitrogens with one attached hydrogen (secondary N) is 1. The van der Waals surface area contributed by atoms with E-state index >= 15 is 0 Å². The fourth-order valence-corrected chi connectivity index (χ4v) is 6.52. The molecule has 0 radical (unpaired) electrons. The van der Waals surface area contributed by atoms with Gasteiger partial charge in [-0.25, -0.2) is 0 Å². The van der Waals surface area contributed by atoms with Crippen LogP contribution in [0.4, 0.5) is 0 Å². The Labute approximate surface area is 309 Å². The molecule has 0 bridgehead atoms. The molecule has 1 unspecified atom stereocenters. The summed E-state index contributed by atoms with van der Waals surface area (Å²) in [6.07, 6.45) is 37.8. The molecule has 50 heavy (non-hydrogen) atoms. The Morgan fingerprint density at radius 3 is 1.56 bits per heavy atom. The maximum Gasteiger partial charge on any atom is 0.268 e. The van der Waals surface area contributed by atoms with Crippen LogP contribution in [0, 0.1) is 0 Å². The predicted octanol–water partition coefficient (Wildman–Crippen LogP) is 10.3. The third-order valence-corrected chi connectivity index (χ3v) is 10.1. The second-order valence-electron chi connectivity index (χ2n) is 15.3. The van der Waals surface area contributed by atoms with Gasteiger partial charge in [-0.1, -0.05) is 154 Å². The molecule has 0 aromatic rings. The maximum atomic E-state index is 12.8. The second-order valence-corrected chi connectivity index (χ2v) is 16.8. The van der Waals surface area contributed by atoms with Crippen molar-refractivity contribution in [2.45, 2.75) is 193 Å². The lowest BCUT2D eigenvalue weighted by Crippen LogP contribution is -2.45. The minimum absolute atomic E-state index is 0.00179. The minimum atomic E-state index is -4.58. The van der Waals surface area contributed by atoms with E-state index in [9.17, 15) is 19.4 Å². The number of amides is 1. The van der Waals surface area contributed by atoms with Gasteiger partial charge in [0.2, 0.25) is 5.91 Å². The van der Waals surface area contributed by atoms with E-state index in [1.54, 1.807) is 6.08 Å². The van der Waals surface area contributed by atoms with Crippen LogP contribution in [-0.2, 0) is 18.4 Å². The van der Waals surface area contributed by atoms with E-state index < -0.39 is 20.0 Å². The summed E-state index contributed by atoms with van der Waals surface area (Å²) in [5.74, 6) is -0.208. The number of phosphoric ester groups is 1. The quantitative estimate of drug-likeness (QED) is 0.0285. The molecule has 9 heteroatoms. The first-order valence-corrected chi connectivity index (χ1v) is 22.2. The molecule has 0 aliphatic carbocycles. The Morgan fingerprint density at radius 1 is 0.680 bits per heavy atom. The van der Waals surface area contributed by atoms with Crippen molar-refractivity contribution in [2.24, 2.45) is 0 Å². The number of nitrogens with zero attached hydrogens (tertiary/aromatic N) is 1. The Bertz CT molecular complexity index is 876. The molecule has 0 aromatic heterocycles. The summed E-state index contributed by atoms with van der Waals surface area (Å²) < 4.78 is 23.1. The number of rotatable bonds is 37. The van der Waals surface area contributed by atoms with Crippen molar-refractivity contribution in [2.75, 3.05) is 40.9 Å². The van der Waals surface area contributed by atoms with Crippen LogP contribution in [0.25, 0.3) is 0 Å². The van der Waals surface area contributed by atoms with Crippen LogP contribution >= 0.6 is 7.82 Å². The molecule has 1 amide bonds. The number of carbonyl (C=O) groups excluding carboxylic acids is 1. The zero-order chi connectivity index (χ0) is 37.2. The second kappa shape index (κ2) is 33.8. The standard InChI is InChI=1S/C41H81N2O6P/c1-6-8-10-12-14-16-18-20-21-23-25-27-29-31-33-35-41(45)42-39(38-49-50(46,47)48-37-36-43(3,4)5)40(44)34-32-30-28-26-24-22-19-17-15-13-11-9-7-2/h20-21,32,34,39-40,44H,6-19,22-31,33,35-38H2,1-5H3,(H-,42,45,46,47)/b21-20-,34-32+/t39-,40+/m0/s1. The summed E-state index contributed by atoms with van der Waals surface area (Å²) in [5, 5.41) is 13.7. The van der Waals surface area contributed by atoms with Gasteiger partial charge in [-0.2, -0.15) is 0 Å². The lowest BCUT2D eigenvalue weighted by molar-refractivity contribution is -0.870. The van der Waals surface area contributed by atoms with Crippen molar-refractivity contribution in [1.82, 2.24) is 5.32 Å². The van der Waals surface area contributed by atoms with Crippen LogP contribution in [0.5, 0.6) is 0 Å². The molecule has 0 aliphatic heterocycles. The number of aliphatic hydroxyl groups is 1. The summed E-state index contributed by atoms with van der Waals surface area (Å²) >= 11 is 0. The van der Waals surface area contributed by atoms with Crippen molar-refractivity contribution >= 4 is 13.7 Å². The van der Waals surface area contributed by atoms with Crippen LogP contribution in [0.1, 0.15) is 181 Å². The van der Waals surface area contributed by atoms with Gasteiger partial charge in [-0.05, 0) is 44.9 Å². The Hall–Kier alpha value is -1.02.